The van der Waals surface area contributed by atoms with Gasteiger partial charge in [-0.1, -0.05) is 6.92 Å². The summed E-state index contributed by atoms with van der Waals surface area (Å²) in [5.74, 6) is 1.21. The van der Waals surface area contributed by atoms with Crippen LogP contribution >= 0.6 is 0 Å². The minimum atomic E-state index is 0.0351. The van der Waals surface area contributed by atoms with E-state index >= 15 is 0 Å². The van der Waals surface area contributed by atoms with Crippen molar-refractivity contribution in [1.82, 2.24) is 9.97 Å². The Labute approximate surface area is 82.4 Å². The van der Waals surface area contributed by atoms with Gasteiger partial charge in [0.1, 0.15) is 23.4 Å². The van der Waals surface area contributed by atoms with Gasteiger partial charge in [-0.2, -0.15) is 5.26 Å². The van der Waals surface area contributed by atoms with E-state index in [1.807, 2.05) is 13.0 Å². The molecule has 0 saturated carbocycles. The van der Waals surface area contributed by atoms with Gasteiger partial charge in [-0.3, -0.25) is 0 Å². The van der Waals surface area contributed by atoms with Gasteiger partial charge in [0.25, 0.3) is 0 Å². The Morgan fingerprint density at radius 3 is 2.93 bits per heavy atom. The van der Waals surface area contributed by atoms with E-state index in [1.165, 1.54) is 0 Å². The topological polar surface area (TPSA) is 81.8 Å². The van der Waals surface area contributed by atoms with Crippen molar-refractivity contribution in [2.24, 2.45) is 0 Å². The fourth-order valence-corrected chi connectivity index (χ4v) is 0.987. The number of nitriles is 1. The van der Waals surface area contributed by atoms with Crippen molar-refractivity contribution in [3.63, 3.8) is 0 Å². The fourth-order valence-electron chi connectivity index (χ4n) is 0.987. The molecule has 0 unspecified atom stereocenters. The van der Waals surface area contributed by atoms with Gasteiger partial charge in [0.2, 0.25) is 0 Å². The lowest BCUT2D eigenvalue weighted by atomic mass is 10.3. The number of nitrogens with zero attached hydrogens (tertiary/aromatic N) is 3. The number of aliphatic hydroxyl groups is 1. The normalized spacial score (nSPS) is 9.50. The standard InChI is InChI=1S/C9H12N4O/c1-2-8-12-7(6-10)5-9(13-8)11-3-4-14/h5,14H,2-4H2,1H3,(H,11,12,13). The van der Waals surface area contributed by atoms with E-state index in [0.29, 0.717) is 30.3 Å². The Balaban J connectivity index is 2.88. The average molecular weight is 192 g/mol. The van der Waals surface area contributed by atoms with Crippen molar-refractivity contribution in [2.45, 2.75) is 13.3 Å². The number of aromatic nitrogens is 2. The molecule has 2 N–H and O–H groups in total. The zero-order valence-corrected chi connectivity index (χ0v) is 7.99. The zero-order valence-electron chi connectivity index (χ0n) is 7.99. The van der Waals surface area contributed by atoms with Crippen LogP contribution in [0, 0.1) is 11.3 Å². The number of hydrogen-bond donors (Lipinski definition) is 2. The van der Waals surface area contributed by atoms with Gasteiger partial charge >= 0.3 is 0 Å². The van der Waals surface area contributed by atoms with E-state index in [4.69, 9.17) is 10.4 Å². The zero-order chi connectivity index (χ0) is 10.4. The number of nitrogens with one attached hydrogen (secondary N) is 1. The van der Waals surface area contributed by atoms with Crippen LogP contribution in [0.2, 0.25) is 0 Å². The highest BCUT2D eigenvalue weighted by Gasteiger charge is 2.01. The molecule has 5 heteroatoms. The second kappa shape index (κ2) is 5.14. The maximum atomic E-state index is 8.69. The quantitative estimate of drug-likeness (QED) is 0.717. The summed E-state index contributed by atoms with van der Waals surface area (Å²) in [6.45, 7) is 2.38. The number of anilines is 1. The lowest BCUT2D eigenvalue weighted by Crippen LogP contribution is -2.09. The van der Waals surface area contributed by atoms with Gasteiger partial charge < -0.3 is 10.4 Å². The molecule has 5 nitrogen and oxygen atoms in total. The van der Waals surface area contributed by atoms with Crippen molar-refractivity contribution in [3.8, 4) is 6.07 Å². The molecule has 0 bridgehead atoms. The Morgan fingerprint density at radius 2 is 2.36 bits per heavy atom. The predicted molar refractivity (Wildman–Crippen MR) is 51.7 cm³/mol. The van der Waals surface area contributed by atoms with E-state index in [0.717, 1.165) is 0 Å². The Hall–Kier alpha value is -1.67. The van der Waals surface area contributed by atoms with Crippen molar-refractivity contribution in [1.29, 1.82) is 5.26 Å². The highest BCUT2D eigenvalue weighted by Crippen LogP contribution is 2.06. The first kappa shape index (κ1) is 10.4. The number of aryl methyl sites for hydroxylation is 1. The molecule has 1 heterocycles. The third-order valence-electron chi connectivity index (χ3n) is 1.62. The summed E-state index contributed by atoms with van der Waals surface area (Å²) in [4.78, 5) is 8.16. The van der Waals surface area contributed by atoms with Crippen LogP contribution in [-0.2, 0) is 6.42 Å². The second-order valence-electron chi connectivity index (χ2n) is 2.67. The molecule has 0 spiro atoms. The first-order valence-corrected chi connectivity index (χ1v) is 4.43. The van der Waals surface area contributed by atoms with Crippen molar-refractivity contribution < 1.29 is 5.11 Å². The van der Waals surface area contributed by atoms with Crippen molar-refractivity contribution >= 4 is 5.82 Å². The molecule has 0 aromatic carbocycles. The smallest absolute Gasteiger partial charge is 0.146 e. The SMILES string of the molecule is CCc1nc(C#N)cc(NCCO)n1. The van der Waals surface area contributed by atoms with Crippen molar-refractivity contribution in [3.05, 3.63) is 17.6 Å². The van der Waals surface area contributed by atoms with Gasteiger partial charge in [-0.25, -0.2) is 9.97 Å². The van der Waals surface area contributed by atoms with Crippen LogP contribution in [0.3, 0.4) is 0 Å². The van der Waals surface area contributed by atoms with Crippen LogP contribution in [0.1, 0.15) is 18.4 Å². The summed E-state index contributed by atoms with van der Waals surface area (Å²) >= 11 is 0. The lowest BCUT2D eigenvalue weighted by molar-refractivity contribution is 0.311. The van der Waals surface area contributed by atoms with E-state index in [1.54, 1.807) is 6.07 Å². The minimum Gasteiger partial charge on any atom is -0.395 e. The van der Waals surface area contributed by atoms with Gasteiger partial charge in [0, 0.05) is 19.0 Å². The van der Waals surface area contributed by atoms with E-state index in [-0.39, 0.29) is 6.61 Å². The molecule has 0 aliphatic carbocycles. The lowest BCUT2D eigenvalue weighted by Gasteiger charge is -2.04. The first-order valence-electron chi connectivity index (χ1n) is 4.43. The van der Waals surface area contributed by atoms with Crippen LogP contribution in [0.4, 0.5) is 5.82 Å². The monoisotopic (exact) mass is 192 g/mol. The van der Waals surface area contributed by atoms with Crippen LogP contribution in [0.5, 0.6) is 0 Å². The molecule has 0 saturated heterocycles. The minimum absolute atomic E-state index is 0.0351. The van der Waals surface area contributed by atoms with Gasteiger partial charge in [0.15, 0.2) is 0 Å². The Kier molecular flexibility index (Phi) is 3.83. The predicted octanol–water partition coefficient (Wildman–Crippen LogP) is 0.315. The molecular formula is C9H12N4O. The molecule has 1 aromatic rings. The summed E-state index contributed by atoms with van der Waals surface area (Å²) in [5, 5.41) is 20.2. The van der Waals surface area contributed by atoms with Crippen LogP contribution in [0.25, 0.3) is 0 Å². The maximum absolute atomic E-state index is 8.69. The largest absolute Gasteiger partial charge is 0.395 e. The van der Waals surface area contributed by atoms with E-state index in [2.05, 4.69) is 15.3 Å². The molecule has 1 aromatic heterocycles. The van der Waals surface area contributed by atoms with Gasteiger partial charge in [0.05, 0.1) is 6.61 Å². The summed E-state index contributed by atoms with van der Waals surface area (Å²) in [6, 6.07) is 3.53. The molecule has 74 valence electrons. The van der Waals surface area contributed by atoms with Gasteiger partial charge in [-0.05, 0) is 0 Å². The second-order valence-corrected chi connectivity index (χ2v) is 2.67. The molecule has 0 aliphatic rings. The molecule has 1 rings (SSSR count). The highest BCUT2D eigenvalue weighted by molar-refractivity contribution is 5.39. The van der Waals surface area contributed by atoms with Crippen LogP contribution < -0.4 is 5.32 Å². The maximum Gasteiger partial charge on any atom is 0.146 e. The van der Waals surface area contributed by atoms with Crippen LogP contribution in [-0.4, -0.2) is 28.2 Å². The molecule has 0 fully saturated rings. The highest BCUT2D eigenvalue weighted by atomic mass is 16.3. The molecule has 14 heavy (non-hydrogen) atoms. The molecule has 0 amide bonds. The summed E-state index contributed by atoms with van der Waals surface area (Å²) in [5.41, 5.74) is 0.345. The van der Waals surface area contributed by atoms with E-state index < -0.39 is 0 Å². The Bertz CT molecular complexity index is 345. The molecule has 0 radical (unpaired) electrons. The average Bonchev–Trinajstić information content (AvgIpc) is 2.25. The van der Waals surface area contributed by atoms with Crippen LogP contribution in [0.15, 0.2) is 6.07 Å². The molecule has 0 aliphatic heterocycles. The summed E-state index contributed by atoms with van der Waals surface area (Å²) in [7, 11) is 0. The fraction of sp³-hybridized carbons (Fsp3) is 0.444. The third kappa shape index (κ3) is 2.68. The molecule has 0 atom stereocenters. The van der Waals surface area contributed by atoms with E-state index in [9.17, 15) is 0 Å². The third-order valence-corrected chi connectivity index (χ3v) is 1.62. The number of hydrogen-bond acceptors (Lipinski definition) is 5. The van der Waals surface area contributed by atoms with Gasteiger partial charge in [-0.15, -0.1) is 0 Å². The summed E-state index contributed by atoms with van der Waals surface area (Å²) < 4.78 is 0. The van der Waals surface area contributed by atoms with Crippen molar-refractivity contribution in [2.75, 3.05) is 18.5 Å². The Morgan fingerprint density at radius 1 is 1.57 bits per heavy atom. The number of aliphatic hydroxyl groups excluding tert-OH is 1. The molecular weight excluding hydrogens is 180 g/mol. The number of rotatable bonds is 4. The summed E-state index contributed by atoms with van der Waals surface area (Å²) in [6.07, 6.45) is 0.684. The first-order chi connectivity index (χ1) is 6.80.